The van der Waals surface area contributed by atoms with Crippen molar-refractivity contribution in [1.82, 2.24) is 20.1 Å². The molecule has 2 aliphatic rings. The minimum absolute atomic E-state index is 0.882. The number of ether oxygens (including phenoxy) is 1. The summed E-state index contributed by atoms with van der Waals surface area (Å²) < 4.78 is 7.24. The van der Waals surface area contributed by atoms with Gasteiger partial charge < -0.3 is 10.1 Å². The number of nitrogens with one attached hydrogen (secondary N) is 1. The molecule has 1 aliphatic heterocycles. The van der Waals surface area contributed by atoms with Crippen LogP contribution in [0.4, 0.5) is 0 Å². The van der Waals surface area contributed by atoms with Crippen LogP contribution >= 0.6 is 0 Å². The predicted molar refractivity (Wildman–Crippen MR) is 88.2 cm³/mol. The first-order chi connectivity index (χ1) is 11.4. The van der Waals surface area contributed by atoms with E-state index in [1.807, 2.05) is 0 Å². The van der Waals surface area contributed by atoms with Gasteiger partial charge in [-0.15, -0.1) is 0 Å². The van der Waals surface area contributed by atoms with Gasteiger partial charge in [0.25, 0.3) is 0 Å². The summed E-state index contributed by atoms with van der Waals surface area (Å²) in [5.74, 6) is 2.74. The fraction of sp³-hybridized carbons (Fsp3) is 0.556. The summed E-state index contributed by atoms with van der Waals surface area (Å²) in [4.78, 5) is 3.97. The second kappa shape index (κ2) is 6.81. The molecule has 1 aliphatic carbocycles. The summed E-state index contributed by atoms with van der Waals surface area (Å²) in [6, 6.07) is 8.50. The third-order valence-corrected chi connectivity index (χ3v) is 5.20. The third-order valence-electron chi connectivity index (χ3n) is 5.20. The fourth-order valence-electron chi connectivity index (χ4n) is 3.74. The summed E-state index contributed by atoms with van der Waals surface area (Å²) in [6.07, 6.45) is 7.22. The minimum Gasteiger partial charge on any atom is -0.381 e. The largest absolute Gasteiger partial charge is 0.381 e. The van der Waals surface area contributed by atoms with Gasteiger partial charge in [0.1, 0.15) is 12.7 Å². The molecule has 0 radical (unpaired) electrons. The summed E-state index contributed by atoms with van der Waals surface area (Å²) >= 11 is 0. The van der Waals surface area contributed by atoms with E-state index in [0.717, 1.165) is 49.7 Å². The molecular formula is C18H24N4O. The summed E-state index contributed by atoms with van der Waals surface area (Å²) in [5.41, 5.74) is 2.37. The summed E-state index contributed by atoms with van der Waals surface area (Å²) in [6.45, 7) is 4.03. The Balaban J connectivity index is 1.21. The average Bonchev–Trinajstić information content (AvgIpc) is 3.17. The maximum Gasteiger partial charge on any atom is 0.138 e. The van der Waals surface area contributed by atoms with Crippen molar-refractivity contribution in [3.05, 3.63) is 42.5 Å². The Morgan fingerprint density at radius 2 is 2.00 bits per heavy atom. The zero-order valence-corrected chi connectivity index (χ0v) is 13.4. The molecule has 1 aromatic heterocycles. The Hall–Kier alpha value is -1.72. The predicted octanol–water partition coefficient (Wildman–Crippen LogP) is 2.42. The highest BCUT2D eigenvalue weighted by molar-refractivity contribution is 5.33. The zero-order valence-electron chi connectivity index (χ0n) is 13.4. The van der Waals surface area contributed by atoms with Crippen LogP contribution in [0.3, 0.4) is 0 Å². The van der Waals surface area contributed by atoms with E-state index in [2.05, 4.69) is 39.7 Å². The summed E-state index contributed by atoms with van der Waals surface area (Å²) in [7, 11) is 0. The highest BCUT2D eigenvalue weighted by atomic mass is 16.5. The quantitative estimate of drug-likeness (QED) is 0.890. The Bertz CT molecular complexity index is 604. The molecule has 2 atom stereocenters. The Labute approximate surface area is 137 Å². The summed E-state index contributed by atoms with van der Waals surface area (Å²) in [5, 5.41) is 7.76. The molecule has 2 fully saturated rings. The maximum atomic E-state index is 5.46. The molecule has 0 bridgehead atoms. The number of hydrogen-bond acceptors (Lipinski definition) is 4. The highest BCUT2D eigenvalue weighted by Crippen LogP contribution is 2.47. The van der Waals surface area contributed by atoms with E-state index in [4.69, 9.17) is 4.74 Å². The van der Waals surface area contributed by atoms with E-state index in [1.54, 1.807) is 17.3 Å². The SMILES string of the molecule is c1ncn(-c2ccc(CNC[C@@H]3C[C@H]3C3CCOCC3)cc2)n1. The molecule has 2 aromatic rings. The lowest BCUT2D eigenvalue weighted by molar-refractivity contribution is 0.0581. The van der Waals surface area contributed by atoms with E-state index >= 15 is 0 Å². The van der Waals surface area contributed by atoms with Crippen molar-refractivity contribution in [1.29, 1.82) is 0 Å². The van der Waals surface area contributed by atoms with Crippen LogP contribution < -0.4 is 5.32 Å². The lowest BCUT2D eigenvalue weighted by Gasteiger charge is -2.22. The van der Waals surface area contributed by atoms with Crippen LogP contribution in [-0.4, -0.2) is 34.5 Å². The Morgan fingerprint density at radius 3 is 2.74 bits per heavy atom. The van der Waals surface area contributed by atoms with Crippen LogP contribution in [-0.2, 0) is 11.3 Å². The number of rotatable bonds is 6. The van der Waals surface area contributed by atoms with Gasteiger partial charge in [-0.25, -0.2) is 9.67 Å². The van der Waals surface area contributed by atoms with Gasteiger partial charge >= 0.3 is 0 Å². The monoisotopic (exact) mass is 312 g/mol. The van der Waals surface area contributed by atoms with Gasteiger partial charge in [-0.05, 0) is 61.3 Å². The Kier molecular flexibility index (Phi) is 4.39. The smallest absolute Gasteiger partial charge is 0.138 e. The molecule has 5 heteroatoms. The third kappa shape index (κ3) is 3.62. The van der Waals surface area contributed by atoms with Gasteiger partial charge in [-0.2, -0.15) is 5.10 Å². The van der Waals surface area contributed by atoms with Crippen LogP contribution in [0, 0.1) is 17.8 Å². The van der Waals surface area contributed by atoms with Crippen LogP contribution in [0.25, 0.3) is 5.69 Å². The normalized spacial score (nSPS) is 24.7. The first-order valence-electron chi connectivity index (χ1n) is 8.62. The first kappa shape index (κ1) is 14.8. The van der Waals surface area contributed by atoms with Gasteiger partial charge in [0.05, 0.1) is 5.69 Å². The molecule has 0 spiro atoms. The van der Waals surface area contributed by atoms with Crippen molar-refractivity contribution in [3.8, 4) is 5.69 Å². The first-order valence-corrected chi connectivity index (χ1v) is 8.62. The highest BCUT2D eigenvalue weighted by Gasteiger charge is 2.42. The second-order valence-corrected chi connectivity index (χ2v) is 6.75. The minimum atomic E-state index is 0.882. The molecule has 0 unspecified atom stereocenters. The molecule has 1 saturated carbocycles. The van der Waals surface area contributed by atoms with Gasteiger partial charge in [0, 0.05) is 19.8 Å². The van der Waals surface area contributed by atoms with Crippen LogP contribution in [0.15, 0.2) is 36.9 Å². The number of aromatic nitrogens is 3. The van der Waals surface area contributed by atoms with E-state index < -0.39 is 0 Å². The van der Waals surface area contributed by atoms with Crippen LogP contribution in [0.2, 0.25) is 0 Å². The fourth-order valence-corrected chi connectivity index (χ4v) is 3.74. The van der Waals surface area contributed by atoms with E-state index in [-0.39, 0.29) is 0 Å². The molecule has 5 nitrogen and oxygen atoms in total. The molecule has 1 saturated heterocycles. The van der Waals surface area contributed by atoms with Gasteiger partial charge in [0.2, 0.25) is 0 Å². The van der Waals surface area contributed by atoms with Gasteiger partial charge in [-0.1, -0.05) is 12.1 Å². The van der Waals surface area contributed by atoms with Crippen molar-refractivity contribution >= 4 is 0 Å². The van der Waals surface area contributed by atoms with E-state index in [9.17, 15) is 0 Å². The lowest BCUT2D eigenvalue weighted by Crippen LogP contribution is -2.21. The average molecular weight is 312 g/mol. The van der Waals surface area contributed by atoms with Crippen molar-refractivity contribution in [2.75, 3.05) is 19.8 Å². The van der Waals surface area contributed by atoms with Gasteiger partial charge in [-0.3, -0.25) is 0 Å². The van der Waals surface area contributed by atoms with Crippen LogP contribution in [0.1, 0.15) is 24.8 Å². The topological polar surface area (TPSA) is 52.0 Å². The standard InChI is InChI=1S/C18H24N4O/c1-3-17(22-13-20-12-21-22)4-2-14(1)10-19-11-16-9-18(16)15-5-7-23-8-6-15/h1-4,12-13,15-16,18-19H,5-11H2/t16-,18-/m0/s1. The van der Waals surface area contributed by atoms with Crippen molar-refractivity contribution in [3.63, 3.8) is 0 Å². The molecule has 0 amide bonds. The van der Waals surface area contributed by atoms with Crippen molar-refractivity contribution in [2.24, 2.45) is 17.8 Å². The molecule has 2 heterocycles. The van der Waals surface area contributed by atoms with Gasteiger partial charge in [0.15, 0.2) is 0 Å². The maximum absolute atomic E-state index is 5.46. The van der Waals surface area contributed by atoms with Crippen molar-refractivity contribution < 1.29 is 4.74 Å². The number of benzene rings is 1. The zero-order chi connectivity index (χ0) is 15.5. The molecular weight excluding hydrogens is 288 g/mol. The molecule has 1 N–H and O–H groups in total. The Morgan fingerprint density at radius 1 is 1.17 bits per heavy atom. The molecule has 1 aromatic carbocycles. The molecule has 4 rings (SSSR count). The number of nitrogens with zero attached hydrogens (tertiary/aromatic N) is 3. The lowest BCUT2D eigenvalue weighted by atomic mass is 9.93. The van der Waals surface area contributed by atoms with Crippen LogP contribution in [0.5, 0.6) is 0 Å². The second-order valence-electron chi connectivity index (χ2n) is 6.75. The molecule has 122 valence electrons. The number of hydrogen-bond donors (Lipinski definition) is 1. The molecule has 23 heavy (non-hydrogen) atoms. The van der Waals surface area contributed by atoms with Crippen molar-refractivity contribution in [2.45, 2.75) is 25.8 Å². The van der Waals surface area contributed by atoms with E-state index in [0.29, 0.717) is 0 Å². The van der Waals surface area contributed by atoms with E-state index in [1.165, 1.54) is 24.8 Å².